The molecule has 1 N–H and O–H groups in total. The number of fused-ring (bicyclic) bond motifs is 3. The predicted octanol–water partition coefficient (Wildman–Crippen LogP) is 12.3. The van der Waals surface area contributed by atoms with Crippen LogP contribution in [0.25, 0.3) is 45.2 Å². The van der Waals surface area contributed by atoms with E-state index >= 15 is 0 Å². The van der Waals surface area contributed by atoms with E-state index in [-0.39, 0.29) is 5.91 Å². The Kier molecular flexibility index (Phi) is 10.5. The Morgan fingerprint density at radius 3 is 2.40 bits per heavy atom. The van der Waals surface area contributed by atoms with Crippen LogP contribution in [0.5, 0.6) is 5.75 Å². The highest BCUT2D eigenvalue weighted by molar-refractivity contribution is 9.10. The fraction of sp³-hybridized carbons (Fsp3) is 0.214. The molecule has 0 bridgehead atoms. The second-order valence-electron chi connectivity index (χ2n) is 11.9. The van der Waals surface area contributed by atoms with Crippen molar-refractivity contribution in [3.63, 3.8) is 0 Å². The minimum absolute atomic E-state index is 0.111. The van der Waals surface area contributed by atoms with Crippen molar-refractivity contribution < 1.29 is 13.9 Å². The molecule has 0 aliphatic carbocycles. The van der Waals surface area contributed by atoms with Gasteiger partial charge in [0.2, 0.25) is 0 Å². The van der Waals surface area contributed by atoms with Crippen LogP contribution in [0.4, 0.5) is 5.69 Å². The first-order valence-corrected chi connectivity index (χ1v) is 17.4. The van der Waals surface area contributed by atoms with E-state index in [9.17, 15) is 4.79 Å². The molecule has 5 aromatic carbocycles. The summed E-state index contributed by atoms with van der Waals surface area (Å²) in [5, 5.41) is 6.62. The van der Waals surface area contributed by atoms with Gasteiger partial charge in [-0.2, -0.15) is 0 Å². The predicted molar refractivity (Wildman–Crippen MR) is 200 cm³/mol. The average Bonchev–Trinajstić information content (AvgIpc) is 3.54. The number of carbonyl (C=O) groups excluding carboxylic acids is 1. The van der Waals surface area contributed by atoms with Crippen LogP contribution in [-0.2, 0) is 6.42 Å². The van der Waals surface area contributed by atoms with Crippen molar-refractivity contribution in [2.45, 2.75) is 52.4 Å². The zero-order valence-corrected chi connectivity index (χ0v) is 28.6. The quantitative estimate of drug-likeness (QED) is 0.0972. The zero-order chi connectivity index (χ0) is 32.6. The van der Waals surface area contributed by atoms with Gasteiger partial charge in [-0.15, -0.1) is 0 Å². The van der Waals surface area contributed by atoms with Gasteiger partial charge in [0.15, 0.2) is 0 Å². The van der Waals surface area contributed by atoms with Crippen LogP contribution in [0, 0.1) is 0 Å². The van der Waals surface area contributed by atoms with E-state index in [2.05, 4.69) is 102 Å². The molecule has 0 atom stereocenters. The Hall–Kier alpha value is -4.61. The lowest BCUT2D eigenvalue weighted by molar-refractivity contribution is 0.102. The van der Waals surface area contributed by atoms with Gasteiger partial charge in [-0.3, -0.25) is 4.79 Å². The molecule has 238 valence electrons. The summed E-state index contributed by atoms with van der Waals surface area (Å²) in [4.78, 5) is 13.8. The fourth-order valence-corrected chi connectivity index (χ4v) is 6.42. The number of ether oxygens (including phenoxy) is 1. The van der Waals surface area contributed by atoms with Crippen LogP contribution in [0.2, 0.25) is 0 Å². The monoisotopic (exact) mass is 685 g/mol. The topological polar surface area (TPSA) is 51.5 Å². The molecule has 0 spiro atoms. The molecule has 1 amide bonds. The molecule has 0 unspecified atom stereocenters. The molecule has 0 fully saturated rings. The van der Waals surface area contributed by atoms with Gasteiger partial charge in [-0.25, -0.2) is 0 Å². The lowest BCUT2D eigenvalue weighted by Gasteiger charge is -2.14. The first-order valence-electron chi connectivity index (χ1n) is 16.6. The largest absolute Gasteiger partial charge is 0.494 e. The molecule has 6 aromatic rings. The Labute approximate surface area is 285 Å². The number of anilines is 1. The number of carbonyl (C=O) groups is 1. The molecule has 0 radical (unpaired) electrons. The Morgan fingerprint density at radius 2 is 1.60 bits per heavy atom. The summed E-state index contributed by atoms with van der Waals surface area (Å²) in [6.07, 6.45) is 10.4. The highest BCUT2D eigenvalue weighted by Crippen LogP contribution is 2.35. The van der Waals surface area contributed by atoms with E-state index < -0.39 is 0 Å². The van der Waals surface area contributed by atoms with E-state index in [1.54, 1.807) is 0 Å². The standard InChI is InChI=1S/C42H40BrNO3/c1-3-5-9-26-46-35-23-21-34(22-24-35)44-42(45)41-31(11-6-4-2)13-10-14-32(41)18-16-30-17-19-33(27-38(30)43)40-28-37-36-15-8-7-12-29(36)20-25-39(37)47-40/h7-8,10,12-25,27-28H,3-6,9,11,26H2,1-2H3,(H,44,45). The molecule has 1 aromatic heterocycles. The molecular formula is C42H40BrNO3. The fourth-order valence-electron chi connectivity index (χ4n) is 5.91. The molecule has 0 aliphatic heterocycles. The number of furan rings is 1. The van der Waals surface area contributed by atoms with Gasteiger partial charge in [0.05, 0.1) is 12.2 Å². The minimum Gasteiger partial charge on any atom is -0.494 e. The van der Waals surface area contributed by atoms with Crippen LogP contribution in [0.3, 0.4) is 0 Å². The molecule has 47 heavy (non-hydrogen) atoms. The number of nitrogens with one attached hydrogen (secondary N) is 1. The number of aryl methyl sites for hydroxylation is 1. The second-order valence-corrected chi connectivity index (χ2v) is 12.8. The third-order valence-electron chi connectivity index (χ3n) is 8.49. The van der Waals surface area contributed by atoms with E-state index in [4.69, 9.17) is 9.15 Å². The lowest BCUT2D eigenvalue weighted by atomic mass is 9.95. The number of hydrogen-bond acceptors (Lipinski definition) is 3. The Bertz CT molecular complexity index is 2020. The molecule has 1 heterocycles. The van der Waals surface area contributed by atoms with Gasteiger partial charge in [0, 0.05) is 21.1 Å². The van der Waals surface area contributed by atoms with Gasteiger partial charge in [-0.1, -0.05) is 122 Å². The van der Waals surface area contributed by atoms with Crippen molar-refractivity contribution in [2.24, 2.45) is 0 Å². The highest BCUT2D eigenvalue weighted by atomic mass is 79.9. The average molecular weight is 687 g/mol. The van der Waals surface area contributed by atoms with Crippen molar-refractivity contribution in [3.05, 3.63) is 130 Å². The maximum atomic E-state index is 13.8. The van der Waals surface area contributed by atoms with Crippen molar-refractivity contribution >= 4 is 61.4 Å². The maximum absolute atomic E-state index is 13.8. The number of hydrogen-bond donors (Lipinski definition) is 1. The first-order chi connectivity index (χ1) is 23.0. The van der Waals surface area contributed by atoms with E-state index in [1.165, 1.54) is 10.8 Å². The summed E-state index contributed by atoms with van der Waals surface area (Å²) in [6.45, 7) is 5.06. The second kappa shape index (κ2) is 15.3. The summed E-state index contributed by atoms with van der Waals surface area (Å²) in [5.41, 5.74) is 6.26. The molecule has 0 saturated heterocycles. The number of unbranched alkanes of at least 4 members (excludes halogenated alkanes) is 3. The molecule has 4 nitrogen and oxygen atoms in total. The summed E-state index contributed by atoms with van der Waals surface area (Å²) < 4.78 is 13.1. The number of amides is 1. The summed E-state index contributed by atoms with van der Waals surface area (Å²) in [5.74, 6) is 1.53. The van der Waals surface area contributed by atoms with Gasteiger partial charge in [0.1, 0.15) is 17.1 Å². The van der Waals surface area contributed by atoms with E-state index in [1.807, 2.05) is 48.5 Å². The third kappa shape index (κ3) is 7.69. The molecular weight excluding hydrogens is 646 g/mol. The highest BCUT2D eigenvalue weighted by Gasteiger charge is 2.16. The van der Waals surface area contributed by atoms with Crippen LogP contribution in [-0.4, -0.2) is 12.5 Å². The van der Waals surface area contributed by atoms with Crippen LogP contribution >= 0.6 is 15.9 Å². The van der Waals surface area contributed by atoms with Crippen molar-refractivity contribution in [1.29, 1.82) is 0 Å². The first kappa shape index (κ1) is 32.3. The minimum atomic E-state index is -0.111. The SMILES string of the molecule is CCCCCOc1ccc(NC(=O)c2c(C=Cc3ccc(-c4cc5c(ccc6ccccc65)o4)cc3Br)cccc2CCCC)cc1. The lowest BCUT2D eigenvalue weighted by Crippen LogP contribution is -2.16. The van der Waals surface area contributed by atoms with Gasteiger partial charge >= 0.3 is 0 Å². The van der Waals surface area contributed by atoms with Crippen molar-refractivity contribution in [1.82, 2.24) is 0 Å². The van der Waals surface area contributed by atoms with Crippen LogP contribution in [0.1, 0.15) is 73.0 Å². The molecule has 5 heteroatoms. The normalized spacial score (nSPS) is 11.5. The van der Waals surface area contributed by atoms with Gasteiger partial charge in [0.25, 0.3) is 5.91 Å². The van der Waals surface area contributed by atoms with Gasteiger partial charge < -0.3 is 14.5 Å². The Morgan fingerprint density at radius 1 is 0.787 bits per heavy atom. The summed E-state index contributed by atoms with van der Waals surface area (Å²) in [6, 6.07) is 34.6. The molecule has 6 rings (SSSR count). The third-order valence-corrected chi connectivity index (χ3v) is 9.18. The number of halogens is 1. The van der Waals surface area contributed by atoms with Crippen LogP contribution in [0.15, 0.2) is 112 Å². The van der Waals surface area contributed by atoms with Crippen LogP contribution < -0.4 is 10.1 Å². The molecule has 0 saturated carbocycles. The maximum Gasteiger partial charge on any atom is 0.256 e. The summed E-state index contributed by atoms with van der Waals surface area (Å²) >= 11 is 3.79. The number of rotatable bonds is 13. The van der Waals surface area contributed by atoms with E-state index in [0.717, 1.165) is 93.4 Å². The summed E-state index contributed by atoms with van der Waals surface area (Å²) in [7, 11) is 0. The van der Waals surface area contributed by atoms with Crippen molar-refractivity contribution in [3.8, 4) is 17.1 Å². The number of benzene rings is 5. The van der Waals surface area contributed by atoms with Crippen molar-refractivity contribution in [2.75, 3.05) is 11.9 Å². The van der Waals surface area contributed by atoms with E-state index in [0.29, 0.717) is 12.2 Å². The van der Waals surface area contributed by atoms with Gasteiger partial charge in [-0.05, 0) is 89.2 Å². The molecule has 0 aliphatic rings. The smallest absolute Gasteiger partial charge is 0.256 e. The zero-order valence-electron chi connectivity index (χ0n) is 27.0. The Balaban J connectivity index is 1.23.